The molecular formula is C31H34N2O8. The first-order valence-corrected chi connectivity index (χ1v) is 13.6. The predicted molar refractivity (Wildman–Crippen MR) is 150 cm³/mol. The summed E-state index contributed by atoms with van der Waals surface area (Å²) < 4.78 is 17.5. The third-order valence-electron chi connectivity index (χ3n) is 7.64. The van der Waals surface area contributed by atoms with Crippen molar-refractivity contribution in [1.29, 1.82) is 0 Å². The van der Waals surface area contributed by atoms with E-state index in [-0.39, 0.29) is 58.5 Å². The molecule has 3 aromatic rings. The lowest BCUT2D eigenvalue weighted by Crippen LogP contribution is -2.45. The van der Waals surface area contributed by atoms with Gasteiger partial charge in [-0.2, -0.15) is 0 Å². The number of esters is 1. The van der Waals surface area contributed by atoms with Gasteiger partial charge in [0.15, 0.2) is 17.2 Å². The van der Waals surface area contributed by atoms with Crippen molar-refractivity contribution in [1.82, 2.24) is 9.80 Å². The van der Waals surface area contributed by atoms with Crippen LogP contribution in [0.3, 0.4) is 0 Å². The largest absolute Gasteiger partial charge is 0.507 e. The van der Waals surface area contributed by atoms with E-state index in [1.165, 1.54) is 18.6 Å². The first-order chi connectivity index (χ1) is 19.7. The minimum Gasteiger partial charge on any atom is -0.507 e. The van der Waals surface area contributed by atoms with Crippen LogP contribution < -0.4 is 9.47 Å². The number of aromatic carboxylic acids is 1. The van der Waals surface area contributed by atoms with Crippen LogP contribution in [0.4, 0.5) is 0 Å². The second kappa shape index (κ2) is 11.8. The van der Waals surface area contributed by atoms with Crippen LogP contribution in [-0.4, -0.2) is 69.8 Å². The zero-order valence-electron chi connectivity index (χ0n) is 23.4. The average Bonchev–Trinajstić information content (AvgIpc) is 3.09. The lowest BCUT2D eigenvalue weighted by Gasteiger charge is -2.35. The van der Waals surface area contributed by atoms with Crippen molar-refractivity contribution in [2.75, 3.05) is 32.8 Å². The molecule has 0 unspecified atom stereocenters. The SMILES string of the molecule is CCOCc1c(O)c(C(=O)O)c(C)c2c1OC(=O)c1c(C)cc(O)c(CN3CCN(Cc4ccccc4)CC3)c1O2. The highest BCUT2D eigenvalue weighted by Gasteiger charge is 2.36. The van der Waals surface area contributed by atoms with Gasteiger partial charge in [-0.25, -0.2) is 9.59 Å². The standard InChI is InChI=1S/C31H34N2O8/c1-4-39-17-22-26(35)25(30(36)37)19(3)27-29(22)41-31(38)24-18(2)14-23(34)21(28(24)40-27)16-33-12-10-32(11-13-33)15-20-8-6-5-7-9-20/h5-9,14,34-35H,4,10-13,15-17H2,1-3H3,(H,36,37). The van der Waals surface area contributed by atoms with Gasteiger partial charge >= 0.3 is 11.9 Å². The molecule has 0 radical (unpaired) electrons. The molecule has 216 valence electrons. The number of carbonyl (C=O) groups excluding carboxylic acids is 1. The summed E-state index contributed by atoms with van der Waals surface area (Å²) in [6.45, 7) is 9.30. The quantitative estimate of drug-likeness (QED) is 0.265. The Morgan fingerprint density at radius 2 is 1.59 bits per heavy atom. The van der Waals surface area contributed by atoms with Crippen LogP contribution in [-0.2, 0) is 24.4 Å². The third-order valence-corrected chi connectivity index (χ3v) is 7.64. The Labute approximate surface area is 238 Å². The number of phenolic OH excluding ortho intramolecular Hbond substituents is 1. The maximum absolute atomic E-state index is 13.5. The lowest BCUT2D eigenvalue weighted by atomic mass is 10.00. The van der Waals surface area contributed by atoms with Gasteiger partial charge in [-0.15, -0.1) is 0 Å². The summed E-state index contributed by atoms with van der Waals surface area (Å²) in [5, 5.41) is 31.8. The number of aromatic hydroxyl groups is 2. The van der Waals surface area contributed by atoms with Gasteiger partial charge in [0.2, 0.25) is 0 Å². The zero-order valence-corrected chi connectivity index (χ0v) is 23.4. The zero-order chi connectivity index (χ0) is 29.3. The highest BCUT2D eigenvalue weighted by Crippen LogP contribution is 2.50. The van der Waals surface area contributed by atoms with Crippen molar-refractivity contribution in [3.8, 4) is 28.7 Å². The van der Waals surface area contributed by atoms with E-state index in [2.05, 4.69) is 21.9 Å². The number of rotatable bonds is 8. The first kappa shape index (κ1) is 28.4. The molecule has 0 amide bonds. The number of aryl methyl sites for hydroxylation is 1. The van der Waals surface area contributed by atoms with Gasteiger partial charge in [0.1, 0.15) is 22.6 Å². The number of benzene rings is 3. The van der Waals surface area contributed by atoms with Crippen LogP contribution in [0.1, 0.15) is 55.5 Å². The molecule has 3 N–H and O–H groups in total. The molecule has 0 spiro atoms. The molecular weight excluding hydrogens is 528 g/mol. The maximum Gasteiger partial charge on any atom is 0.347 e. The molecule has 0 aromatic heterocycles. The third kappa shape index (κ3) is 5.58. The second-order valence-electron chi connectivity index (χ2n) is 10.4. The van der Waals surface area contributed by atoms with Gasteiger partial charge in [-0.05, 0) is 38.0 Å². The summed E-state index contributed by atoms with van der Waals surface area (Å²) in [5.74, 6) is -2.66. The van der Waals surface area contributed by atoms with Crippen LogP contribution >= 0.6 is 0 Å². The molecule has 1 saturated heterocycles. The maximum atomic E-state index is 13.5. The Morgan fingerprint density at radius 3 is 2.22 bits per heavy atom. The van der Waals surface area contributed by atoms with E-state index in [4.69, 9.17) is 14.2 Å². The molecule has 10 heteroatoms. The van der Waals surface area contributed by atoms with Crippen LogP contribution in [0.2, 0.25) is 0 Å². The summed E-state index contributed by atoms with van der Waals surface area (Å²) in [7, 11) is 0. The summed E-state index contributed by atoms with van der Waals surface area (Å²) in [6.07, 6.45) is 0. The van der Waals surface area contributed by atoms with E-state index < -0.39 is 17.7 Å². The fourth-order valence-corrected chi connectivity index (χ4v) is 5.43. The number of phenols is 2. The van der Waals surface area contributed by atoms with Crippen molar-refractivity contribution in [3.63, 3.8) is 0 Å². The molecule has 0 atom stereocenters. The molecule has 5 rings (SSSR count). The molecule has 1 fully saturated rings. The number of piperazine rings is 1. The van der Waals surface area contributed by atoms with Crippen molar-refractivity contribution < 1.29 is 39.1 Å². The predicted octanol–water partition coefficient (Wildman–Crippen LogP) is 4.59. The smallest absolute Gasteiger partial charge is 0.347 e. The monoisotopic (exact) mass is 562 g/mol. The summed E-state index contributed by atoms with van der Waals surface area (Å²) in [4.78, 5) is 30.2. The summed E-state index contributed by atoms with van der Waals surface area (Å²) >= 11 is 0. The Hall–Kier alpha value is -4.12. The Bertz CT molecular complexity index is 1480. The Morgan fingerprint density at radius 1 is 0.927 bits per heavy atom. The molecule has 41 heavy (non-hydrogen) atoms. The van der Waals surface area contributed by atoms with E-state index in [1.54, 1.807) is 13.8 Å². The number of fused-ring (bicyclic) bond motifs is 2. The first-order valence-electron chi connectivity index (χ1n) is 13.6. The van der Waals surface area contributed by atoms with E-state index in [1.807, 2.05) is 18.2 Å². The van der Waals surface area contributed by atoms with Crippen LogP contribution in [0, 0.1) is 13.8 Å². The normalized spacial score (nSPS) is 15.4. The molecule has 2 aliphatic rings. The number of nitrogens with zero attached hydrogens (tertiary/aromatic N) is 2. The van der Waals surface area contributed by atoms with E-state index in [0.29, 0.717) is 17.7 Å². The minimum atomic E-state index is -1.36. The minimum absolute atomic E-state index is 0.00368. The fourth-order valence-electron chi connectivity index (χ4n) is 5.43. The van der Waals surface area contributed by atoms with E-state index >= 15 is 0 Å². The van der Waals surface area contributed by atoms with Gasteiger partial charge in [0.05, 0.1) is 17.7 Å². The molecule has 10 nitrogen and oxygen atoms in total. The van der Waals surface area contributed by atoms with Crippen LogP contribution in [0.5, 0.6) is 28.7 Å². The van der Waals surface area contributed by atoms with E-state index in [0.717, 1.165) is 32.7 Å². The van der Waals surface area contributed by atoms with E-state index in [9.17, 15) is 24.9 Å². The van der Waals surface area contributed by atoms with Gasteiger partial charge in [0, 0.05) is 51.4 Å². The molecule has 0 bridgehead atoms. The van der Waals surface area contributed by atoms with Gasteiger partial charge in [-0.3, -0.25) is 9.80 Å². The van der Waals surface area contributed by atoms with Crippen LogP contribution in [0.25, 0.3) is 0 Å². The van der Waals surface area contributed by atoms with Crippen molar-refractivity contribution in [3.05, 3.63) is 75.3 Å². The fraction of sp³-hybridized carbons (Fsp3) is 0.355. The molecule has 2 aliphatic heterocycles. The van der Waals surface area contributed by atoms with Gasteiger partial charge in [0.25, 0.3) is 0 Å². The highest BCUT2D eigenvalue weighted by molar-refractivity contribution is 6.00. The molecule has 2 heterocycles. The number of carboxylic acid groups (broad SMARTS) is 1. The number of carbonyl (C=O) groups is 2. The number of hydrogen-bond acceptors (Lipinski definition) is 9. The average molecular weight is 563 g/mol. The van der Waals surface area contributed by atoms with Crippen LogP contribution in [0.15, 0.2) is 36.4 Å². The van der Waals surface area contributed by atoms with Crippen molar-refractivity contribution in [2.45, 2.75) is 40.5 Å². The molecule has 0 saturated carbocycles. The molecule has 3 aromatic carbocycles. The van der Waals surface area contributed by atoms with Gasteiger partial charge in [-0.1, -0.05) is 30.3 Å². The summed E-state index contributed by atoms with van der Waals surface area (Å²) in [6, 6.07) is 11.8. The molecule has 0 aliphatic carbocycles. The summed E-state index contributed by atoms with van der Waals surface area (Å²) in [5.41, 5.74) is 1.96. The lowest BCUT2D eigenvalue weighted by molar-refractivity contribution is 0.0691. The Balaban J connectivity index is 1.49. The van der Waals surface area contributed by atoms with Crippen molar-refractivity contribution >= 4 is 11.9 Å². The van der Waals surface area contributed by atoms with Gasteiger partial charge < -0.3 is 29.5 Å². The second-order valence-corrected chi connectivity index (χ2v) is 10.4. The number of hydrogen-bond donors (Lipinski definition) is 3. The van der Waals surface area contributed by atoms with Crippen molar-refractivity contribution in [2.24, 2.45) is 0 Å². The highest BCUT2D eigenvalue weighted by atomic mass is 16.6. The number of carboxylic acids is 1. The Kier molecular flexibility index (Phi) is 8.16. The topological polar surface area (TPSA) is 129 Å². The number of ether oxygens (including phenoxy) is 3.